The van der Waals surface area contributed by atoms with Crippen LogP contribution >= 0.6 is 0 Å². The van der Waals surface area contributed by atoms with Gasteiger partial charge < -0.3 is 20.6 Å². The van der Waals surface area contributed by atoms with Crippen LogP contribution in [-0.4, -0.2) is 52.9 Å². The second-order valence-corrected chi connectivity index (χ2v) is 8.65. The van der Waals surface area contributed by atoms with Gasteiger partial charge in [0.25, 0.3) is 0 Å². The molecule has 0 saturated carbocycles. The number of carbonyl (C=O) groups is 1. The van der Waals surface area contributed by atoms with E-state index in [1.807, 2.05) is 18.2 Å². The summed E-state index contributed by atoms with van der Waals surface area (Å²) in [5.74, 6) is 0.755. The number of hydrogen-bond donors (Lipinski definition) is 3. The Morgan fingerprint density at radius 1 is 1.33 bits per heavy atom. The average molecular weight is 408 g/mol. The van der Waals surface area contributed by atoms with E-state index in [2.05, 4.69) is 39.7 Å². The molecule has 1 aromatic heterocycles. The van der Waals surface area contributed by atoms with Crippen molar-refractivity contribution >= 4 is 17.8 Å². The Labute approximate surface area is 177 Å². The molecule has 7 heteroatoms. The van der Waals surface area contributed by atoms with Crippen LogP contribution in [0.15, 0.2) is 36.4 Å². The number of piperidine rings is 1. The number of hydrogen-bond acceptors (Lipinski definition) is 6. The van der Waals surface area contributed by atoms with Crippen molar-refractivity contribution in [1.29, 1.82) is 0 Å². The summed E-state index contributed by atoms with van der Waals surface area (Å²) in [6, 6.07) is 10.1. The Kier molecular flexibility index (Phi) is 5.47. The first-order valence-corrected chi connectivity index (χ1v) is 10.4. The number of likely N-dealkylation sites (N-methyl/N-ethyl adjacent to an activating group) is 1. The molecule has 2 aliphatic rings. The minimum Gasteiger partial charge on any atom is -0.507 e. The zero-order valence-electron chi connectivity index (χ0n) is 17.7. The summed E-state index contributed by atoms with van der Waals surface area (Å²) in [6.45, 7) is 2.32. The maximum Gasteiger partial charge on any atom is 0.243 e. The minimum atomic E-state index is -0.195. The van der Waals surface area contributed by atoms with E-state index < -0.39 is 0 Å². The zero-order chi connectivity index (χ0) is 21.3. The van der Waals surface area contributed by atoms with Crippen molar-refractivity contribution in [3.8, 4) is 17.0 Å². The molecule has 30 heavy (non-hydrogen) atoms. The Balaban J connectivity index is 1.48. The standard InChI is InChI=1S/C23H29N5O2/c1-23-11-10-16(25-23)13-17(14-23)28(3)21-8-7-19(26-27-21)18-6-4-15(12-20(18)29)5-9-22(30)24-2/h4-9,12,16-17,25,29H,10-11,13-14H2,1-3H3,(H,24,30)/b9-5+/t16?,17-,23+/m0/s1. The number of benzene rings is 1. The molecule has 2 fully saturated rings. The minimum absolute atomic E-state index is 0.104. The summed E-state index contributed by atoms with van der Waals surface area (Å²) in [5.41, 5.74) is 2.19. The summed E-state index contributed by atoms with van der Waals surface area (Å²) >= 11 is 0. The fourth-order valence-electron chi connectivity index (χ4n) is 4.66. The zero-order valence-corrected chi connectivity index (χ0v) is 17.7. The highest BCUT2D eigenvalue weighted by molar-refractivity contribution is 5.91. The molecule has 0 aliphatic carbocycles. The van der Waals surface area contributed by atoms with E-state index >= 15 is 0 Å². The third-order valence-corrected chi connectivity index (χ3v) is 6.37. The molecule has 2 aliphatic heterocycles. The molecule has 158 valence electrons. The van der Waals surface area contributed by atoms with Crippen LogP contribution in [0.1, 0.15) is 38.2 Å². The van der Waals surface area contributed by atoms with Crippen LogP contribution in [0.2, 0.25) is 0 Å². The van der Waals surface area contributed by atoms with Crippen molar-refractivity contribution in [3.05, 3.63) is 42.0 Å². The maximum absolute atomic E-state index is 11.3. The number of anilines is 1. The Hall–Kier alpha value is -2.93. The monoisotopic (exact) mass is 407 g/mol. The first-order valence-electron chi connectivity index (χ1n) is 10.4. The van der Waals surface area contributed by atoms with Gasteiger partial charge in [0.15, 0.2) is 5.82 Å². The van der Waals surface area contributed by atoms with E-state index in [9.17, 15) is 9.90 Å². The lowest BCUT2D eigenvalue weighted by atomic mass is 9.88. The molecule has 3 heterocycles. The first kappa shape index (κ1) is 20.3. The smallest absolute Gasteiger partial charge is 0.243 e. The van der Waals surface area contributed by atoms with Crippen molar-refractivity contribution < 1.29 is 9.90 Å². The first-order chi connectivity index (χ1) is 14.4. The quantitative estimate of drug-likeness (QED) is 0.661. The second kappa shape index (κ2) is 8.07. The Bertz CT molecular complexity index is 959. The summed E-state index contributed by atoms with van der Waals surface area (Å²) in [4.78, 5) is 13.6. The normalized spacial score (nSPS) is 25.4. The predicted octanol–water partition coefficient (Wildman–Crippen LogP) is 2.72. The molecule has 7 nitrogen and oxygen atoms in total. The lowest BCUT2D eigenvalue weighted by molar-refractivity contribution is -0.115. The SMILES string of the molecule is CNC(=O)/C=C/c1ccc(-c2ccc(N(C)[C@H]3CC4CC[C@](C)(C3)N4)nn2)c(O)c1. The average Bonchev–Trinajstić information content (AvgIpc) is 3.03. The van der Waals surface area contributed by atoms with Crippen LogP contribution in [-0.2, 0) is 4.79 Å². The molecular weight excluding hydrogens is 378 g/mol. The van der Waals surface area contributed by atoms with E-state index in [1.54, 1.807) is 25.3 Å². The molecule has 2 saturated heterocycles. The lowest BCUT2D eigenvalue weighted by Gasteiger charge is -2.41. The molecule has 1 amide bonds. The van der Waals surface area contributed by atoms with Gasteiger partial charge >= 0.3 is 0 Å². The summed E-state index contributed by atoms with van der Waals surface area (Å²) in [6.07, 6.45) is 7.79. The van der Waals surface area contributed by atoms with Gasteiger partial charge in [-0.1, -0.05) is 6.07 Å². The van der Waals surface area contributed by atoms with Gasteiger partial charge in [0.2, 0.25) is 5.91 Å². The summed E-state index contributed by atoms with van der Waals surface area (Å²) in [7, 11) is 3.66. The van der Waals surface area contributed by atoms with Gasteiger partial charge in [-0.05, 0) is 68.5 Å². The van der Waals surface area contributed by atoms with Crippen LogP contribution in [0, 0.1) is 0 Å². The molecule has 0 spiro atoms. The van der Waals surface area contributed by atoms with E-state index in [0.717, 1.165) is 24.2 Å². The van der Waals surface area contributed by atoms with Crippen LogP contribution in [0.25, 0.3) is 17.3 Å². The summed E-state index contributed by atoms with van der Waals surface area (Å²) in [5, 5.41) is 25.5. The number of aromatic nitrogens is 2. The van der Waals surface area contributed by atoms with Gasteiger partial charge in [-0.3, -0.25) is 4.79 Å². The molecule has 4 rings (SSSR count). The second-order valence-electron chi connectivity index (χ2n) is 8.65. The number of fused-ring (bicyclic) bond motifs is 2. The van der Waals surface area contributed by atoms with E-state index in [1.165, 1.54) is 18.9 Å². The van der Waals surface area contributed by atoms with Crippen LogP contribution in [0.4, 0.5) is 5.82 Å². The molecule has 2 aromatic rings. The Morgan fingerprint density at radius 2 is 2.17 bits per heavy atom. The topological polar surface area (TPSA) is 90.4 Å². The number of carbonyl (C=O) groups excluding carboxylic acids is 1. The van der Waals surface area contributed by atoms with Crippen LogP contribution in [0.5, 0.6) is 5.75 Å². The number of phenolic OH excluding ortho intramolecular Hbond substituents is 1. The molecule has 0 radical (unpaired) electrons. The molecule has 3 atom stereocenters. The van der Waals surface area contributed by atoms with Crippen LogP contribution < -0.4 is 15.5 Å². The van der Waals surface area contributed by atoms with Crippen LogP contribution in [0.3, 0.4) is 0 Å². The fraction of sp³-hybridized carbons (Fsp3) is 0.435. The van der Waals surface area contributed by atoms with Crippen molar-refractivity contribution in [3.63, 3.8) is 0 Å². The maximum atomic E-state index is 11.3. The molecular formula is C23H29N5O2. The molecule has 3 N–H and O–H groups in total. The Morgan fingerprint density at radius 3 is 2.83 bits per heavy atom. The number of amides is 1. The number of phenols is 1. The van der Waals surface area contributed by atoms with Gasteiger partial charge in [-0.25, -0.2) is 0 Å². The van der Waals surface area contributed by atoms with Crippen molar-refractivity contribution in [2.45, 2.75) is 50.2 Å². The highest BCUT2D eigenvalue weighted by Gasteiger charge is 2.43. The van der Waals surface area contributed by atoms with Gasteiger partial charge in [-0.15, -0.1) is 10.2 Å². The van der Waals surface area contributed by atoms with Gasteiger partial charge in [-0.2, -0.15) is 0 Å². The fourth-order valence-corrected chi connectivity index (χ4v) is 4.66. The third-order valence-electron chi connectivity index (χ3n) is 6.37. The highest BCUT2D eigenvalue weighted by atomic mass is 16.3. The van der Waals surface area contributed by atoms with Gasteiger partial charge in [0, 0.05) is 43.4 Å². The van der Waals surface area contributed by atoms with Crippen molar-refractivity contribution in [2.24, 2.45) is 0 Å². The van der Waals surface area contributed by atoms with E-state index in [-0.39, 0.29) is 17.2 Å². The van der Waals surface area contributed by atoms with Crippen molar-refractivity contribution in [2.75, 3.05) is 19.0 Å². The van der Waals surface area contributed by atoms with E-state index in [4.69, 9.17) is 0 Å². The van der Waals surface area contributed by atoms with E-state index in [0.29, 0.717) is 23.3 Å². The predicted molar refractivity (Wildman–Crippen MR) is 118 cm³/mol. The number of aromatic hydroxyl groups is 1. The van der Waals surface area contributed by atoms with Gasteiger partial charge in [0.1, 0.15) is 5.75 Å². The largest absolute Gasteiger partial charge is 0.507 e. The van der Waals surface area contributed by atoms with Crippen molar-refractivity contribution in [1.82, 2.24) is 20.8 Å². The van der Waals surface area contributed by atoms with Gasteiger partial charge in [0.05, 0.1) is 5.69 Å². The molecule has 1 aromatic carbocycles. The lowest BCUT2D eigenvalue weighted by Crippen LogP contribution is -2.53. The summed E-state index contributed by atoms with van der Waals surface area (Å²) < 4.78 is 0. The highest BCUT2D eigenvalue weighted by Crippen LogP contribution is 2.38. The molecule has 1 unspecified atom stereocenters. The molecule has 2 bridgehead atoms. The number of nitrogens with one attached hydrogen (secondary N) is 2. The number of nitrogens with zero attached hydrogens (tertiary/aromatic N) is 3. The number of rotatable bonds is 5. The third kappa shape index (κ3) is 4.16.